The molecule has 13 heterocycles. The zero-order valence-electron chi connectivity index (χ0n) is 76.5. The summed E-state index contributed by atoms with van der Waals surface area (Å²) in [5.41, 5.74) is 18.8. The summed E-state index contributed by atoms with van der Waals surface area (Å²) in [6.45, 7) is 53.4. The van der Waals surface area contributed by atoms with Crippen LogP contribution in [0.3, 0.4) is 0 Å². The standard InChI is InChI=1S/C36H41ClFN7O2.C33H36ClFN6O.C31H34ClN7O2/c1-7-30(46)43-18-24(6)44(19-23(43)5)34-27-17-28(37)32(26-12-8-9-13-29(26)38)40-35(27)45(36(47)41-34)33-22(4)16-25(39-31(33)21(2)3)20-42-14-10-11-15-42;1-9-29(42)39-16-20(5)40(17-19(39)4)32-25-14-27(34)30(24-12-10-11-13-28(24)35)38-33(25)41(23(8)37-32)31-21(6)22(7)36-15-26(31)18(2)3;1-7-25(40)37-15-20(6)38(16-19(37)5)29-22-14-23(32)27(21-10-8-9-11-24(21)33)35-30(22)39(31(41)36-29)28-18(4)12-13-34-26(28)17(2)3/h7-9,12-13,16-17,21,23-24H,1,10-11,14-15,18-20H2,2-6H3;9-15,18-20H,1,8,16-17H2,2-7H3;7-14,17,19-20H,1,15-16,33H2,2-6H3. The number of amidine groups is 1. The zero-order chi connectivity index (χ0) is 93.6. The number of hydrogen-bond donors (Lipinski definition) is 1. The number of carbonyl (C=O) groups excluding carboxylic acids is 3. The molecule has 0 saturated carbocycles. The van der Waals surface area contributed by atoms with E-state index in [1.807, 2.05) is 140 Å². The highest BCUT2D eigenvalue weighted by Gasteiger charge is 2.42. The Bertz CT molecular complexity index is 6510. The van der Waals surface area contributed by atoms with Gasteiger partial charge < -0.3 is 35.1 Å². The van der Waals surface area contributed by atoms with E-state index in [9.17, 15) is 24.0 Å². The molecule has 0 radical (unpaired) electrons. The first-order valence-electron chi connectivity index (χ1n) is 44.1. The SMILES string of the molecule is C=CC(=O)N1CC(C)N(C2=NC(=C)N(c3c(C(C)C)cnc(C)c3C)c3nc(-c4ccccc4F)c(Cl)cc32)CC1C.C=CC(=O)N1CC(C)N(c2nc(=O)n(-c3c(C)cc(CN4CCCC4)nc3C(C)C)c3nc(-c4ccccc4F)c(Cl)cc23)CC1C.C=CC(=O)N1CC(C)N(c2nc(=O)n(-c3c(C)ccnc3C(C)C)c3nc(-c4ccccc4N)c(Cl)cc23)CC1C. The third kappa shape index (κ3) is 18.2. The maximum atomic E-state index is 15.2. The fourth-order valence-electron chi connectivity index (χ4n) is 18.2. The zero-order valence-corrected chi connectivity index (χ0v) is 78.8. The van der Waals surface area contributed by atoms with E-state index in [1.165, 1.54) is 47.8 Å². The van der Waals surface area contributed by atoms with Crippen LogP contribution < -0.4 is 31.8 Å². The van der Waals surface area contributed by atoms with Gasteiger partial charge >= 0.3 is 11.4 Å². The van der Waals surface area contributed by atoms with Gasteiger partial charge in [-0.05, 0) is 214 Å². The lowest BCUT2D eigenvalue weighted by molar-refractivity contribution is -0.131. The van der Waals surface area contributed by atoms with Crippen LogP contribution in [-0.2, 0) is 20.9 Å². The van der Waals surface area contributed by atoms with Crippen molar-refractivity contribution in [1.82, 2.24) is 73.5 Å². The summed E-state index contributed by atoms with van der Waals surface area (Å²) in [4.78, 5) is 126. The average molecular weight is 1820 g/mol. The lowest BCUT2D eigenvalue weighted by Gasteiger charge is -2.46. The van der Waals surface area contributed by atoms with E-state index in [-0.39, 0.29) is 88.0 Å². The molecule has 0 spiro atoms. The van der Waals surface area contributed by atoms with Crippen molar-refractivity contribution in [3.63, 3.8) is 0 Å². The Kier molecular flexibility index (Phi) is 27.9. The average Bonchev–Trinajstić information content (AvgIpc) is 0.774. The van der Waals surface area contributed by atoms with Crippen molar-refractivity contribution in [1.29, 1.82) is 0 Å². The summed E-state index contributed by atoms with van der Waals surface area (Å²) in [6, 6.07) is 28.7. The molecule has 4 saturated heterocycles. The molecule has 30 heteroatoms. The third-order valence-electron chi connectivity index (χ3n) is 25.1. The number of aliphatic imine (C=N–C) groups is 1. The number of anilines is 5. The van der Waals surface area contributed by atoms with Gasteiger partial charge in [0, 0.05) is 123 Å². The molecule has 2 N–H and O–H groups in total. The van der Waals surface area contributed by atoms with Gasteiger partial charge in [-0.25, -0.2) is 47.4 Å². The molecule has 0 aliphatic carbocycles. The number of piperazine rings is 3. The second-order valence-electron chi connectivity index (χ2n) is 35.3. The Morgan fingerprint density at radius 2 is 0.946 bits per heavy atom. The number of nitrogen functional groups attached to an aromatic ring is 1. The monoisotopic (exact) mass is 1810 g/mol. The number of benzene rings is 3. The Morgan fingerprint density at radius 3 is 1.42 bits per heavy atom. The molecule has 4 fully saturated rings. The Morgan fingerprint density at radius 1 is 0.500 bits per heavy atom. The highest BCUT2D eigenvalue weighted by molar-refractivity contribution is 6.35. The minimum atomic E-state index is -0.523. The predicted molar refractivity (Wildman–Crippen MR) is 517 cm³/mol. The Balaban J connectivity index is 0.000000158. The maximum absolute atomic E-state index is 15.2. The molecule has 0 bridgehead atoms. The minimum Gasteiger partial charge on any atom is -0.398 e. The lowest BCUT2D eigenvalue weighted by Crippen LogP contribution is -2.59. The number of rotatable bonds is 16. The van der Waals surface area contributed by atoms with Gasteiger partial charge in [0.2, 0.25) is 17.7 Å². The number of para-hydroxylation sites is 1. The van der Waals surface area contributed by atoms with Crippen LogP contribution in [-0.4, -0.2) is 186 Å². The van der Waals surface area contributed by atoms with Crippen LogP contribution in [0.15, 0.2) is 180 Å². The van der Waals surface area contributed by atoms with Crippen molar-refractivity contribution in [2.75, 3.05) is 72.8 Å². The number of aromatic nitrogens is 10. The fourth-order valence-corrected chi connectivity index (χ4v) is 19.0. The number of nitrogens with two attached hydrogens (primary N) is 1. The van der Waals surface area contributed by atoms with Crippen molar-refractivity contribution < 1.29 is 23.2 Å². The molecule has 8 aromatic heterocycles. The van der Waals surface area contributed by atoms with E-state index < -0.39 is 23.0 Å². The second kappa shape index (κ2) is 38.7. The molecular formula is C100H111Cl3F2N20O5. The number of fused-ring (bicyclic) bond motifs is 3. The highest BCUT2D eigenvalue weighted by Crippen LogP contribution is 2.47. The van der Waals surface area contributed by atoms with Gasteiger partial charge in [0.05, 0.1) is 82.6 Å². The molecule has 5 aliphatic rings. The summed E-state index contributed by atoms with van der Waals surface area (Å²) in [5, 5.41) is 2.10. The van der Waals surface area contributed by atoms with Gasteiger partial charge in [-0.15, -0.1) is 0 Å². The Hall–Kier alpha value is -12.4. The van der Waals surface area contributed by atoms with Gasteiger partial charge in [-0.1, -0.05) is 145 Å². The smallest absolute Gasteiger partial charge is 0.355 e. The van der Waals surface area contributed by atoms with E-state index in [0.29, 0.717) is 146 Å². The third-order valence-corrected chi connectivity index (χ3v) is 25.9. The number of nitrogens with zero attached hydrogens (tertiary/aromatic N) is 19. The number of halogens is 5. The largest absolute Gasteiger partial charge is 0.398 e. The van der Waals surface area contributed by atoms with Crippen LogP contribution in [0.2, 0.25) is 15.1 Å². The maximum Gasteiger partial charge on any atom is 0.355 e. The lowest BCUT2D eigenvalue weighted by atomic mass is 9.97. The molecule has 3 aromatic carbocycles. The van der Waals surface area contributed by atoms with Crippen molar-refractivity contribution in [2.45, 2.75) is 184 Å². The number of amides is 3. The number of carbonyl (C=O) groups is 3. The van der Waals surface area contributed by atoms with Gasteiger partial charge in [-0.2, -0.15) is 9.97 Å². The first-order chi connectivity index (χ1) is 61.9. The first-order valence-corrected chi connectivity index (χ1v) is 45.2. The summed E-state index contributed by atoms with van der Waals surface area (Å²) >= 11 is 20.6. The van der Waals surface area contributed by atoms with Crippen LogP contribution >= 0.6 is 34.8 Å². The van der Waals surface area contributed by atoms with E-state index in [1.54, 1.807) is 69.1 Å². The van der Waals surface area contributed by atoms with Gasteiger partial charge in [0.15, 0.2) is 17.1 Å². The molecule has 5 aliphatic heterocycles. The van der Waals surface area contributed by atoms with E-state index in [4.69, 9.17) is 65.5 Å². The molecule has 3 amide bonds. The molecule has 676 valence electrons. The highest BCUT2D eigenvalue weighted by atomic mass is 35.5. The molecular weight excluding hydrogens is 1710 g/mol. The molecule has 6 atom stereocenters. The van der Waals surface area contributed by atoms with Gasteiger partial charge in [-0.3, -0.25) is 39.1 Å². The topological polar surface area (TPSA) is 263 Å². The first kappa shape index (κ1) is 93.7. The van der Waals surface area contributed by atoms with Crippen molar-refractivity contribution in [2.24, 2.45) is 4.99 Å². The van der Waals surface area contributed by atoms with E-state index in [2.05, 4.69) is 95.6 Å². The molecule has 25 nitrogen and oxygen atoms in total. The molecule has 130 heavy (non-hydrogen) atoms. The minimum absolute atomic E-state index is 0.0152. The van der Waals surface area contributed by atoms with Crippen LogP contribution in [0.1, 0.15) is 164 Å². The van der Waals surface area contributed by atoms with Crippen LogP contribution in [0.4, 0.5) is 37.6 Å². The normalized spacial score (nSPS) is 18.3. The van der Waals surface area contributed by atoms with Crippen molar-refractivity contribution >= 4 is 109 Å². The Labute approximate surface area is 772 Å². The number of hydrogen-bond acceptors (Lipinski definition) is 20. The summed E-state index contributed by atoms with van der Waals surface area (Å²) in [5.74, 6) is 1.53. The molecule has 6 unspecified atom stereocenters. The number of likely N-dealkylation sites (tertiary alicyclic amines) is 1. The quantitative estimate of drug-likeness (QED) is 0.0696. The van der Waals surface area contributed by atoms with Gasteiger partial charge in [0.1, 0.15) is 34.9 Å². The predicted octanol–water partition coefficient (Wildman–Crippen LogP) is 18.5. The van der Waals surface area contributed by atoms with Crippen molar-refractivity contribution in [3.8, 4) is 45.1 Å². The van der Waals surface area contributed by atoms with Crippen LogP contribution in [0.5, 0.6) is 0 Å². The second-order valence-corrected chi connectivity index (χ2v) is 36.5. The van der Waals surface area contributed by atoms with Crippen molar-refractivity contribution in [3.05, 3.63) is 264 Å². The molecule has 16 rings (SSSR count). The van der Waals surface area contributed by atoms with E-state index in [0.717, 1.165) is 70.4 Å². The summed E-state index contributed by atoms with van der Waals surface area (Å²) in [7, 11) is 0. The number of aryl methyl sites for hydroxylation is 3. The summed E-state index contributed by atoms with van der Waals surface area (Å²) < 4.78 is 33.3. The molecule has 11 aromatic rings. The summed E-state index contributed by atoms with van der Waals surface area (Å²) in [6.07, 6.45) is 10.0. The number of pyridine rings is 6. The van der Waals surface area contributed by atoms with Crippen LogP contribution in [0, 0.1) is 39.3 Å². The fraction of sp³-hybridized carbons (Fsp3) is 0.360. The van der Waals surface area contributed by atoms with Crippen LogP contribution in [0.25, 0.3) is 67.2 Å². The van der Waals surface area contributed by atoms with Gasteiger partial charge in [0.25, 0.3) is 0 Å². The van der Waals surface area contributed by atoms with E-state index >= 15 is 8.78 Å².